The highest BCUT2D eigenvalue weighted by molar-refractivity contribution is 7.91. The summed E-state index contributed by atoms with van der Waals surface area (Å²) < 4.78 is 32.4. The van der Waals surface area contributed by atoms with Gasteiger partial charge in [0.2, 0.25) is 0 Å². The molecule has 2 fully saturated rings. The van der Waals surface area contributed by atoms with Crippen LogP contribution in [0.4, 0.5) is 5.00 Å². The van der Waals surface area contributed by atoms with Crippen LogP contribution in [0.2, 0.25) is 0 Å². The number of thiophene rings is 1. The third-order valence-electron chi connectivity index (χ3n) is 4.52. The first-order valence-corrected chi connectivity index (χ1v) is 10.4. The molecule has 0 spiro atoms. The summed E-state index contributed by atoms with van der Waals surface area (Å²) in [6.45, 7) is 6.36. The number of sulfonamides is 1. The molecular formula is C14H22N4O5S2. The Labute approximate surface area is 150 Å². The predicted octanol–water partition coefficient (Wildman–Crippen LogP) is 0.340. The Balaban J connectivity index is 1.68. The molecule has 11 heteroatoms. The summed E-state index contributed by atoms with van der Waals surface area (Å²) in [5.74, 6) is 0. The largest absolute Gasteiger partial charge is 0.379 e. The van der Waals surface area contributed by atoms with Crippen molar-refractivity contribution in [2.75, 3.05) is 45.9 Å². The molecule has 2 aliphatic heterocycles. The minimum atomic E-state index is -3.70. The molecule has 0 amide bonds. The lowest BCUT2D eigenvalue weighted by Gasteiger charge is -2.39. The third kappa shape index (κ3) is 4.18. The van der Waals surface area contributed by atoms with Gasteiger partial charge in [-0.1, -0.05) is 0 Å². The Bertz CT molecular complexity index is 723. The molecule has 9 nitrogen and oxygen atoms in total. The van der Waals surface area contributed by atoms with Crippen molar-refractivity contribution in [2.45, 2.75) is 23.2 Å². The lowest BCUT2D eigenvalue weighted by Crippen LogP contribution is -2.58. The summed E-state index contributed by atoms with van der Waals surface area (Å²) in [5.41, 5.74) is 0. The van der Waals surface area contributed by atoms with Crippen LogP contribution in [0.1, 0.15) is 6.92 Å². The number of nitrogens with one attached hydrogen (secondary N) is 1. The van der Waals surface area contributed by atoms with Gasteiger partial charge in [0.15, 0.2) is 0 Å². The molecule has 2 aliphatic rings. The minimum Gasteiger partial charge on any atom is -0.379 e. The highest BCUT2D eigenvalue weighted by Gasteiger charge is 2.33. The summed E-state index contributed by atoms with van der Waals surface area (Å²) in [6, 6.07) is 2.90. The van der Waals surface area contributed by atoms with E-state index >= 15 is 0 Å². The molecule has 0 saturated carbocycles. The van der Waals surface area contributed by atoms with Crippen LogP contribution in [0.3, 0.4) is 0 Å². The Morgan fingerprint density at radius 3 is 2.92 bits per heavy atom. The van der Waals surface area contributed by atoms with Gasteiger partial charge in [-0.15, -0.1) is 0 Å². The van der Waals surface area contributed by atoms with Crippen LogP contribution in [0.5, 0.6) is 0 Å². The summed E-state index contributed by atoms with van der Waals surface area (Å²) in [5, 5.41) is 14.0. The molecule has 0 aliphatic carbocycles. The van der Waals surface area contributed by atoms with Crippen LogP contribution in [0, 0.1) is 10.1 Å². The normalized spacial score (nSPS) is 26.6. The van der Waals surface area contributed by atoms with Crippen molar-refractivity contribution in [2.24, 2.45) is 0 Å². The van der Waals surface area contributed by atoms with Crippen molar-refractivity contribution in [3.63, 3.8) is 0 Å². The van der Waals surface area contributed by atoms with Gasteiger partial charge in [-0.3, -0.25) is 15.0 Å². The Morgan fingerprint density at radius 2 is 2.24 bits per heavy atom. The molecule has 2 saturated heterocycles. The van der Waals surface area contributed by atoms with Crippen LogP contribution in [-0.4, -0.2) is 80.6 Å². The van der Waals surface area contributed by atoms with E-state index in [-0.39, 0.29) is 15.3 Å². The molecule has 0 bridgehead atoms. The summed E-state index contributed by atoms with van der Waals surface area (Å²) in [7, 11) is -3.70. The summed E-state index contributed by atoms with van der Waals surface area (Å²) in [4.78, 5) is 12.5. The molecular weight excluding hydrogens is 368 g/mol. The second-order valence-corrected chi connectivity index (χ2v) is 9.51. The Hall–Kier alpha value is -1.11. The van der Waals surface area contributed by atoms with Crippen LogP contribution in [-0.2, 0) is 14.8 Å². The maximum Gasteiger partial charge on any atom is 0.325 e. The number of nitrogens with zero attached hydrogens (tertiary/aromatic N) is 3. The highest BCUT2D eigenvalue weighted by atomic mass is 32.2. The molecule has 3 heterocycles. The topological polar surface area (TPSA) is 105 Å². The maximum atomic E-state index is 12.8. The first-order valence-electron chi connectivity index (χ1n) is 8.17. The zero-order chi connectivity index (χ0) is 18.0. The van der Waals surface area contributed by atoms with E-state index in [4.69, 9.17) is 4.74 Å². The van der Waals surface area contributed by atoms with Crippen molar-refractivity contribution < 1.29 is 18.1 Å². The monoisotopic (exact) mass is 390 g/mol. The Kier molecular flexibility index (Phi) is 5.71. The fourth-order valence-electron chi connectivity index (χ4n) is 3.13. The van der Waals surface area contributed by atoms with E-state index in [0.717, 1.165) is 13.1 Å². The van der Waals surface area contributed by atoms with E-state index in [9.17, 15) is 18.5 Å². The fraction of sp³-hybridized carbons (Fsp3) is 0.714. The van der Waals surface area contributed by atoms with Crippen molar-refractivity contribution in [3.8, 4) is 0 Å². The van der Waals surface area contributed by atoms with Crippen molar-refractivity contribution in [1.82, 2.24) is 14.5 Å². The van der Waals surface area contributed by atoms with Crippen LogP contribution in [0.25, 0.3) is 0 Å². The number of hydrogen-bond acceptors (Lipinski definition) is 8. The second kappa shape index (κ2) is 7.64. The molecule has 0 aromatic carbocycles. The maximum absolute atomic E-state index is 12.8. The number of ether oxygens (including phenoxy) is 1. The van der Waals surface area contributed by atoms with Gasteiger partial charge in [-0.2, -0.15) is 4.31 Å². The van der Waals surface area contributed by atoms with Gasteiger partial charge in [0.25, 0.3) is 10.0 Å². The molecule has 1 N–H and O–H groups in total. The van der Waals surface area contributed by atoms with Gasteiger partial charge < -0.3 is 10.1 Å². The first-order chi connectivity index (χ1) is 11.9. The zero-order valence-electron chi connectivity index (χ0n) is 14.0. The number of piperazine rings is 1. The van der Waals surface area contributed by atoms with E-state index in [1.807, 2.05) is 0 Å². The molecule has 0 unspecified atom stereocenters. The zero-order valence-corrected chi connectivity index (χ0v) is 15.6. The first kappa shape index (κ1) is 18.7. The van der Waals surface area contributed by atoms with Gasteiger partial charge in [0, 0.05) is 50.9 Å². The molecule has 3 rings (SSSR count). The van der Waals surface area contributed by atoms with Gasteiger partial charge in [0.05, 0.1) is 18.1 Å². The number of rotatable bonds is 5. The van der Waals surface area contributed by atoms with E-state index in [1.54, 1.807) is 0 Å². The third-order valence-corrected chi connectivity index (χ3v) is 7.89. The quantitative estimate of drug-likeness (QED) is 0.571. The van der Waals surface area contributed by atoms with Gasteiger partial charge in [0.1, 0.15) is 4.21 Å². The highest BCUT2D eigenvalue weighted by Crippen LogP contribution is 2.30. The van der Waals surface area contributed by atoms with E-state index in [2.05, 4.69) is 17.1 Å². The molecule has 1 aromatic rings. The van der Waals surface area contributed by atoms with E-state index in [0.29, 0.717) is 50.2 Å². The summed E-state index contributed by atoms with van der Waals surface area (Å²) in [6.07, 6.45) is 0. The molecule has 140 valence electrons. The standard InChI is InChI=1S/C14H22N4O5S2/c1-11-10-23-7-6-16(11)8-12-9-17(5-4-15-12)25(21,22)14-3-2-13(24-14)18(19)20/h2-3,11-12,15H,4-10H2,1H3/t11-,12-/m0/s1. The van der Waals surface area contributed by atoms with E-state index in [1.165, 1.54) is 16.4 Å². The average Bonchev–Trinajstić information content (AvgIpc) is 3.08. The van der Waals surface area contributed by atoms with Crippen LogP contribution in [0.15, 0.2) is 16.3 Å². The molecule has 1 aromatic heterocycles. The minimum absolute atomic E-state index is 0.0269. The van der Waals surface area contributed by atoms with Crippen LogP contribution < -0.4 is 5.32 Å². The number of hydrogen-bond donors (Lipinski definition) is 1. The van der Waals surface area contributed by atoms with Gasteiger partial charge in [-0.25, -0.2) is 8.42 Å². The van der Waals surface area contributed by atoms with Crippen molar-refractivity contribution >= 4 is 26.4 Å². The number of morpholine rings is 1. The lowest BCUT2D eigenvalue weighted by atomic mass is 10.2. The Morgan fingerprint density at radius 1 is 1.44 bits per heavy atom. The van der Waals surface area contributed by atoms with Crippen LogP contribution >= 0.6 is 11.3 Å². The predicted molar refractivity (Wildman–Crippen MR) is 93.4 cm³/mol. The average molecular weight is 390 g/mol. The smallest absolute Gasteiger partial charge is 0.325 e. The molecule has 0 radical (unpaired) electrons. The lowest BCUT2D eigenvalue weighted by molar-refractivity contribution is -0.380. The fourth-order valence-corrected chi connectivity index (χ4v) is 5.87. The number of nitro groups is 1. The van der Waals surface area contributed by atoms with Crippen molar-refractivity contribution in [3.05, 3.63) is 22.2 Å². The van der Waals surface area contributed by atoms with Gasteiger partial charge in [-0.05, 0) is 24.3 Å². The molecule has 2 atom stereocenters. The van der Waals surface area contributed by atoms with Crippen molar-refractivity contribution in [1.29, 1.82) is 0 Å². The summed E-state index contributed by atoms with van der Waals surface area (Å²) >= 11 is 0.703. The second-order valence-electron chi connectivity index (χ2n) is 6.28. The molecule has 25 heavy (non-hydrogen) atoms. The SMILES string of the molecule is C[C@H]1COCCN1C[C@H]1CN(S(=O)(=O)c2ccc([N+](=O)[O-])s2)CCN1. The van der Waals surface area contributed by atoms with Gasteiger partial charge >= 0.3 is 5.00 Å². The van der Waals surface area contributed by atoms with E-state index < -0.39 is 14.9 Å².